The van der Waals surface area contributed by atoms with Crippen molar-refractivity contribution in [2.45, 2.75) is 59.5 Å². The molecule has 0 aliphatic heterocycles. The second-order valence-electron chi connectivity index (χ2n) is 8.27. The Morgan fingerprint density at radius 3 is 2.44 bits per heavy atom. The average Bonchev–Trinajstić information content (AvgIpc) is 3.47. The van der Waals surface area contributed by atoms with Gasteiger partial charge in [-0.2, -0.15) is 5.10 Å². The van der Waals surface area contributed by atoms with Gasteiger partial charge >= 0.3 is 0 Å². The number of benzene rings is 1. The third kappa shape index (κ3) is 5.43. The first-order valence-electron chi connectivity index (χ1n) is 11.1. The molecule has 3 aromatic rings. The summed E-state index contributed by atoms with van der Waals surface area (Å²) in [6, 6.07) is 9.34. The predicted molar refractivity (Wildman–Crippen MR) is 123 cm³/mol. The lowest BCUT2D eigenvalue weighted by molar-refractivity contribution is 0.0901. The number of H-pyrrole nitrogens is 1. The van der Waals surface area contributed by atoms with Gasteiger partial charge < -0.3 is 15.1 Å². The normalized spacial score (nSPS) is 12.2. The third-order valence-electron chi connectivity index (χ3n) is 5.64. The summed E-state index contributed by atoms with van der Waals surface area (Å²) >= 11 is 0. The molecule has 1 unspecified atom stereocenters. The van der Waals surface area contributed by atoms with Crippen LogP contribution in [0.1, 0.15) is 68.5 Å². The van der Waals surface area contributed by atoms with E-state index in [9.17, 15) is 9.59 Å². The number of carbonyl (C=O) groups excluding carboxylic acids is 2. The lowest BCUT2D eigenvalue weighted by Gasteiger charge is -2.16. The summed E-state index contributed by atoms with van der Waals surface area (Å²) in [4.78, 5) is 29.1. The van der Waals surface area contributed by atoms with Crippen molar-refractivity contribution in [2.24, 2.45) is 5.92 Å². The largest absolute Gasteiger partial charge is 0.431 e. The van der Waals surface area contributed by atoms with Crippen LogP contribution in [0.5, 0.6) is 0 Å². The predicted octanol–water partition coefficient (Wildman–Crippen LogP) is 4.42. The van der Waals surface area contributed by atoms with Gasteiger partial charge in [-0.1, -0.05) is 39.8 Å². The number of hydrogen-bond acceptors (Lipinski definition) is 5. The van der Waals surface area contributed by atoms with Crippen molar-refractivity contribution in [1.82, 2.24) is 25.8 Å². The topological polar surface area (TPSA) is 113 Å². The van der Waals surface area contributed by atoms with Gasteiger partial charge in [0.25, 0.3) is 11.8 Å². The first kappa shape index (κ1) is 23.2. The third-order valence-corrected chi connectivity index (χ3v) is 5.64. The van der Waals surface area contributed by atoms with E-state index in [-0.39, 0.29) is 29.7 Å². The zero-order chi connectivity index (χ0) is 23.3. The van der Waals surface area contributed by atoms with E-state index in [0.29, 0.717) is 28.8 Å². The molecule has 0 saturated heterocycles. The second kappa shape index (κ2) is 10.3. The fraction of sp³-hybridized carbons (Fsp3) is 0.417. The zero-order valence-corrected chi connectivity index (χ0v) is 19.2. The van der Waals surface area contributed by atoms with Crippen LogP contribution < -0.4 is 10.6 Å². The number of oxazole rings is 1. The van der Waals surface area contributed by atoms with Gasteiger partial charge in [0.05, 0.1) is 11.9 Å². The lowest BCUT2D eigenvalue weighted by atomic mass is 10.1. The van der Waals surface area contributed by atoms with Crippen LogP contribution >= 0.6 is 0 Å². The van der Waals surface area contributed by atoms with Gasteiger partial charge in [-0.3, -0.25) is 14.7 Å². The van der Waals surface area contributed by atoms with Crippen molar-refractivity contribution in [2.75, 3.05) is 0 Å². The molecule has 0 aliphatic rings. The average molecular weight is 438 g/mol. The van der Waals surface area contributed by atoms with Crippen LogP contribution in [0.15, 0.2) is 40.9 Å². The molecule has 3 N–H and O–H groups in total. The summed E-state index contributed by atoms with van der Waals surface area (Å²) in [6.45, 7) is 10.1. The van der Waals surface area contributed by atoms with Crippen molar-refractivity contribution in [1.29, 1.82) is 0 Å². The summed E-state index contributed by atoms with van der Waals surface area (Å²) in [5.74, 6) is 0.359. The Hall–Kier alpha value is -3.42. The molecule has 32 heavy (non-hydrogen) atoms. The maximum atomic E-state index is 12.4. The fourth-order valence-electron chi connectivity index (χ4n) is 3.11. The lowest BCUT2D eigenvalue weighted by Crippen LogP contribution is -2.35. The number of aromatic nitrogens is 3. The molecule has 0 fully saturated rings. The standard InChI is InChI=1S/C24H31N5O3/c1-6-18(7-2)27-22(30)20-12-19(28-29-20)16-9-8-10-17(11-16)24-25-13-21(32-24)23(31)26-15(5)14(3)4/h8-15,18H,6-7H2,1-5H3,(H,26,31)(H,27,30)(H,28,29). The molecule has 8 heteroatoms. The second-order valence-corrected chi connectivity index (χ2v) is 8.27. The highest BCUT2D eigenvalue weighted by atomic mass is 16.4. The number of carbonyl (C=O) groups is 2. The summed E-state index contributed by atoms with van der Waals surface area (Å²) in [7, 11) is 0. The zero-order valence-electron chi connectivity index (χ0n) is 19.2. The minimum Gasteiger partial charge on any atom is -0.431 e. The van der Waals surface area contributed by atoms with Crippen molar-refractivity contribution >= 4 is 11.8 Å². The maximum Gasteiger partial charge on any atom is 0.288 e. The SMILES string of the molecule is CCC(CC)NC(=O)c1cc(-c2cccc(-c3ncc(C(=O)NC(C)C(C)C)o3)c2)n[nH]1. The van der Waals surface area contributed by atoms with Crippen molar-refractivity contribution in [3.8, 4) is 22.7 Å². The highest BCUT2D eigenvalue weighted by Gasteiger charge is 2.18. The number of nitrogens with one attached hydrogen (secondary N) is 3. The fourth-order valence-corrected chi connectivity index (χ4v) is 3.11. The number of hydrogen-bond donors (Lipinski definition) is 3. The molecule has 0 aliphatic carbocycles. The number of aromatic amines is 1. The van der Waals surface area contributed by atoms with E-state index in [4.69, 9.17) is 4.42 Å². The molecule has 170 valence electrons. The Morgan fingerprint density at radius 1 is 1.03 bits per heavy atom. The summed E-state index contributed by atoms with van der Waals surface area (Å²) < 4.78 is 5.70. The first-order valence-corrected chi connectivity index (χ1v) is 11.1. The van der Waals surface area contributed by atoms with E-state index >= 15 is 0 Å². The number of amides is 2. The van der Waals surface area contributed by atoms with Crippen LogP contribution in [-0.2, 0) is 0 Å². The smallest absolute Gasteiger partial charge is 0.288 e. The molecule has 1 atom stereocenters. The van der Waals surface area contributed by atoms with Crippen LogP contribution in [0.25, 0.3) is 22.7 Å². The van der Waals surface area contributed by atoms with Crippen molar-refractivity contribution < 1.29 is 14.0 Å². The quantitative estimate of drug-likeness (QED) is 0.458. The van der Waals surface area contributed by atoms with E-state index in [1.807, 2.05) is 58.9 Å². The van der Waals surface area contributed by atoms with Crippen molar-refractivity contribution in [3.05, 3.63) is 48.0 Å². The molecule has 8 nitrogen and oxygen atoms in total. The molecule has 0 saturated carbocycles. The van der Waals surface area contributed by atoms with Gasteiger partial charge in [0.15, 0.2) is 0 Å². The Labute approximate surface area is 188 Å². The van der Waals surface area contributed by atoms with Crippen LogP contribution in [0.2, 0.25) is 0 Å². The molecule has 2 amide bonds. The van der Waals surface area contributed by atoms with Gasteiger partial charge in [-0.05, 0) is 43.9 Å². The molecule has 0 bridgehead atoms. The Bertz CT molecular complexity index is 996. The van der Waals surface area contributed by atoms with Crippen LogP contribution in [0.4, 0.5) is 0 Å². The molecule has 0 radical (unpaired) electrons. The monoisotopic (exact) mass is 437 g/mol. The van der Waals surface area contributed by atoms with E-state index in [1.165, 1.54) is 6.20 Å². The van der Waals surface area contributed by atoms with E-state index in [0.717, 1.165) is 18.4 Å². The van der Waals surface area contributed by atoms with Gasteiger partial charge in [-0.15, -0.1) is 0 Å². The van der Waals surface area contributed by atoms with Gasteiger partial charge in [-0.25, -0.2) is 4.98 Å². The summed E-state index contributed by atoms with van der Waals surface area (Å²) in [5.41, 5.74) is 2.56. The van der Waals surface area contributed by atoms with Crippen LogP contribution in [0.3, 0.4) is 0 Å². The first-order chi connectivity index (χ1) is 15.3. The Balaban J connectivity index is 1.76. The van der Waals surface area contributed by atoms with Gasteiger partial charge in [0, 0.05) is 23.2 Å². The van der Waals surface area contributed by atoms with E-state index < -0.39 is 0 Å². The van der Waals surface area contributed by atoms with E-state index in [1.54, 1.807) is 6.07 Å². The van der Waals surface area contributed by atoms with E-state index in [2.05, 4.69) is 25.8 Å². The van der Waals surface area contributed by atoms with Crippen LogP contribution in [0, 0.1) is 5.92 Å². The Morgan fingerprint density at radius 2 is 1.75 bits per heavy atom. The van der Waals surface area contributed by atoms with Gasteiger partial charge in [0.2, 0.25) is 11.7 Å². The number of rotatable bonds is 9. The Kier molecular flexibility index (Phi) is 7.45. The molecule has 2 aromatic heterocycles. The summed E-state index contributed by atoms with van der Waals surface area (Å²) in [5, 5.41) is 13.0. The van der Waals surface area contributed by atoms with Crippen molar-refractivity contribution in [3.63, 3.8) is 0 Å². The summed E-state index contributed by atoms with van der Waals surface area (Å²) in [6.07, 6.45) is 3.18. The minimum atomic E-state index is -0.290. The highest BCUT2D eigenvalue weighted by molar-refractivity contribution is 5.93. The molecular weight excluding hydrogens is 406 g/mol. The maximum absolute atomic E-state index is 12.4. The number of nitrogens with zero attached hydrogens (tertiary/aromatic N) is 2. The molecule has 3 rings (SSSR count). The molecule has 0 spiro atoms. The molecule has 1 aromatic carbocycles. The van der Waals surface area contributed by atoms with Crippen LogP contribution in [-0.4, -0.2) is 39.1 Å². The minimum absolute atomic E-state index is 0.0235. The van der Waals surface area contributed by atoms with Gasteiger partial charge in [0.1, 0.15) is 5.69 Å². The molecule has 2 heterocycles. The highest BCUT2D eigenvalue weighted by Crippen LogP contribution is 2.25. The molecular formula is C24H31N5O3.